The summed E-state index contributed by atoms with van der Waals surface area (Å²) in [6, 6.07) is 6.00. The number of nitrogens with zero attached hydrogens (tertiary/aromatic N) is 1. The van der Waals surface area contributed by atoms with Crippen molar-refractivity contribution in [2.75, 3.05) is 25.5 Å². The van der Waals surface area contributed by atoms with Gasteiger partial charge in [-0.15, -0.1) is 0 Å². The Morgan fingerprint density at radius 2 is 1.89 bits per heavy atom. The minimum atomic E-state index is -4.31. The van der Waals surface area contributed by atoms with E-state index in [1.54, 1.807) is 6.07 Å². The van der Waals surface area contributed by atoms with Crippen molar-refractivity contribution in [3.8, 4) is 0 Å². The monoisotopic (exact) mass is 274 g/mol. The van der Waals surface area contributed by atoms with Crippen LogP contribution < -0.4 is 5.32 Å². The molecule has 1 atom stereocenters. The highest BCUT2D eigenvalue weighted by atomic mass is 19.4. The van der Waals surface area contributed by atoms with Crippen molar-refractivity contribution < 1.29 is 13.2 Å². The maximum Gasteiger partial charge on any atom is 0.418 e. The number of halogens is 3. The van der Waals surface area contributed by atoms with Crippen molar-refractivity contribution >= 4 is 5.69 Å². The first-order valence-electron chi connectivity index (χ1n) is 6.46. The first kappa shape index (κ1) is 15.8. The highest BCUT2D eigenvalue weighted by Gasteiger charge is 2.32. The molecular formula is C14H21F3N2. The fourth-order valence-corrected chi connectivity index (χ4v) is 1.78. The van der Waals surface area contributed by atoms with Crippen LogP contribution in [0.3, 0.4) is 0 Å². The molecule has 0 aromatic heterocycles. The SMILES string of the molecule is CCC(C)N(C)CCNc1ccccc1C(F)(F)F. The van der Waals surface area contributed by atoms with Gasteiger partial charge in [0.2, 0.25) is 0 Å². The minimum absolute atomic E-state index is 0.146. The van der Waals surface area contributed by atoms with E-state index in [9.17, 15) is 13.2 Å². The van der Waals surface area contributed by atoms with Crippen LogP contribution in [0, 0.1) is 0 Å². The Morgan fingerprint density at radius 3 is 2.47 bits per heavy atom. The molecule has 1 rings (SSSR count). The maximum absolute atomic E-state index is 12.8. The van der Waals surface area contributed by atoms with E-state index in [2.05, 4.69) is 24.1 Å². The minimum Gasteiger partial charge on any atom is -0.383 e. The molecular weight excluding hydrogens is 253 g/mol. The van der Waals surface area contributed by atoms with Crippen molar-refractivity contribution in [3.63, 3.8) is 0 Å². The number of anilines is 1. The molecule has 0 aliphatic rings. The predicted octanol–water partition coefficient (Wildman–Crippen LogP) is 3.85. The number of benzene rings is 1. The average molecular weight is 274 g/mol. The van der Waals surface area contributed by atoms with Crippen molar-refractivity contribution in [2.45, 2.75) is 32.5 Å². The number of likely N-dealkylation sites (N-methyl/N-ethyl adjacent to an activating group) is 1. The zero-order chi connectivity index (χ0) is 14.5. The standard InChI is InChI=1S/C14H21F3N2/c1-4-11(2)19(3)10-9-18-13-8-6-5-7-12(13)14(15,16)17/h5-8,11,18H,4,9-10H2,1-3H3. The van der Waals surface area contributed by atoms with Crippen molar-refractivity contribution in [3.05, 3.63) is 29.8 Å². The zero-order valence-electron chi connectivity index (χ0n) is 11.6. The van der Waals surface area contributed by atoms with E-state index in [4.69, 9.17) is 0 Å². The van der Waals surface area contributed by atoms with Gasteiger partial charge in [-0.3, -0.25) is 0 Å². The van der Waals surface area contributed by atoms with Gasteiger partial charge in [0.1, 0.15) is 0 Å². The number of hydrogen-bond donors (Lipinski definition) is 1. The first-order chi connectivity index (χ1) is 8.86. The molecule has 0 radical (unpaired) electrons. The van der Waals surface area contributed by atoms with E-state index >= 15 is 0 Å². The summed E-state index contributed by atoms with van der Waals surface area (Å²) >= 11 is 0. The van der Waals surface area contributed by atoms with Crippen LogP contribution >= 0.6 is 0 Å². The van der Waals surface area contributed by atoms with Crippen LogP contribution in [0.5, 0.6) is 0 Å². The van der Waals surface area contributed by atoms with Gasteiger partial charge in [-0.05, 0) is 32.5 Å². The smallest absolute Gasteiger partial charge is 0.383 e. The van der Waals surface area contributed by atoms with Gasteiger partial charge >= 0.3 is 6.18 Å². The Balaban J connectivity index is 2.59. The Morgan fingerprint density at radius 1 is 1.26 bits per heavy atom. The quantitative estimate of drug-likeness (QED) is 0.847. The normalized spacial score (nSPS) is 13.6. The lowest BCUT2D eigenvalue weighted by Gasteiger charge is -2.24. The Labute approximate surface area is 112 Å². The van der Waals surface area contributed by atoms with Gasteiger partial charge < -0.3 is 10.2 Å². The molecule has 1 N–H and O–H groups in total. The summed E-state index contributed by atoms with van der Waals surface area (Å²) in [5, 5.41) is 2.87. The number of rotatable bonds is 6. The summed E-state index contributed by atoms with van der Waals surface area (Å²) in [5.74, 6) is 0. The Hall–Kier alpha value is -1.23. The van der Waals surface area contributed by atoms with E-state index in [1.807, 2.05) is 7.05 Å². The molecule has 108 valence electrons. The molecule has 0 saturated heterocycles. The zero-order valence-corrected chi connectivity index (χ0v) is 11.6. The van der Waals surface area contributed by atoms with E-state index in [-0.39, 0.29) is 5.69 Å². The van der Waals surface area contributed by atoms with Gasteiger partial charge in [-0.25, -0.2) is 0 Å². The number of nitrogens with one attached hydrogen (secondary N) is 1. The van der Waals surface area contributed by atoms with Crippen LogP contribution in [0.2, 0.25) is 0 Å². The average Bonchev–Trinajstić information content (AvgIpc) is 2.37. The summed E-state index contributed by atoms with van der Waals surface area (Å²) in [4.78, 5) is 2.13. The Bertz CT molecular complexity index is 391. The van der Waals surface area contributed by atoms with Crippen LogP contribution in [-0.4, -0.2) is 31.1 Å². The molecule has 0 amide bonds. The van der Waals surface area contributed by atoms with Crippen LogP contribution in [0.25, 0.3) is 0 Å². The van der Waals surface area contributed by atoms with Gasteiger partial charge in [-0.1, -0.05) is 19.1 Å². The molecule has 1 aromatic rings. The molecule has 0 aliphatic heterocycles. The van der Waals surface area contributed by atoms with E-state index < -0.39 is 11.7 Å². The summed E-state index contributed by atoms with van der Waals surface area (Å²) in [6.07, 6.45) is -3.29. The van der Waals surface area contributed by atoms with Gasteiger partial charge in [0.25, 0.3) is 0 Å². The third-order valence-corrected chi connectivity index (χ3v) is 3.36. The van der Waals surface area contributed by atoms with E-state index in [1.165, 1.54) is 12.1 Å². The van der Waals surface area contributed by atoms with Gasteiger partial charge in [0.05, 0.1) is 5.56 Å². The van der Waals surface area contributed by atoms with Gasteiger partial charge in [0.15, 0.2) is 0 Å². The molecule has 2 nitrogen and oxygen atoms in total. The predicted molar refractivity (Wildman–Crippen MR) is 72.3 cm³/mol. The van der Waals surface area contributed by atoms with Crippen LogP contribution in [0.4, 0.5) is 18.9 Å². The number of alkyl halides is 3. The lowest BCUT2D eigenvalue weighted by atomic mass is 10.1. The molecule has 0 spiro atoms. The maximum atomic E-state index is 12.8. The Kier molecular flexibility index (Phi) is 5.66. The largest absolute Gasteiger partial charge is 0.418 e. The molecule has 0 fully saturated rings. The van der Waals surface area contributed by atoms with Crippen molar-refractivity contribution in [1.82, 2.24) is 4.90 Å². The molecule has 0 heterocycles. The fourth-order valence-electron chi connectivity index (χ4n) is 1.78. The first-order valence-corrected chi connectivity index (χ1v) is 6.46. The second kappa shape index (κ2) is 6.80. The topological polar surface area (TPSA) is 15.3 Å². The summed E-state index contributed by atoms with van der Waals surface area (Å²) < 4.78 is 38.3. The van der Waals surface area contributed by atoms with Gasteiger partial charge in [-0.2, -0.15) is 13.2 Å². The number of para-hydroxylation sites is 1. The molecule has 0 saturated carbocycles. The van der Waals surface area contributed by atoms with Crippen molar-refractivity contribution in [1.29, 1.82) is 0 Å². The molecule has 5 heteroatoms. The number of hydrogen-bond acceptors (Lipinski definition) is 2. The molecule has 0 aliphatic carbocycles. The third kappa shape index (κ3) is 4.74. The molecule has 0 bridgehead atoms. The van der Waals surface area contributed by atoms with E-state index in [0.29, 0.717) is 19.1 Å². The third-order valence-electron chi connectivity index (χ3n) is 3.36. The molecule has 19 heavy (non-hydrogen) atoms. The summed E-state index contributed by atoms with van der Waals surface area (Å²) in [7, 11) is 1.98. The summed E-state index contributed by atoms with van der Waals surface area (Å²) in [6.45, 7) is 5.40. The second-order valence-electron chi connectivity index (χ2n) is 4.71. The molecule has 1 unspecified atom stereocenters. The fraction of sp³-hybridized carbons (Fsp3) is 0.571. The lowest BCUT2D eigenvalue weighted by molar-refractivity contribution is -0.136. The lowest BCUT2D eigenvalue weighted by Crippen LogP contribution is -2.32. The highest BCUT2D eigenvalue weighted by molar-refractivity contribution is 5.52. The van der Waals surface area contributed by atoms with Crippen LogP contribution in [0.1, 0.15) is 25.8 Å². The molecule has 1 aromatic carbocycles. The second-order valence-corrected chi connectivity index (χ2v) is 4.71. The van der Waals surface area contributed by atoms with Crippen molar-refractivity contribution in [2.24, 2.45) is 0 Å². The highest BCUT2D eigenvalue weighted by Crippen LogP contribution is 2.34. The van der Waals surface area contributed by atoms with E-state index in [0.717, 1.165) is 12.5 Å². The van der Waals surface area contributed by atoms with Gasteiger partial charge in [0, 0.05) is 24.8 Å². The van der Waals surface area contributed by atoms with Crippen LogP contribution in [0.15, 0.2) is 24.3 Å². The summed E-state index contributed by atoms with van der Waals surface area (Å²) in [5.41, 5.74) is -0.464. The van der Waals surface area contributed by atoms with Crippen LogP contribution in [-0.2, 0) is 6.18 Å².